The maximum absolute atomic E-state index is 12.3. The summed E-state index contributed by atoms with van der Waals surface area (Å²) in [6, 6.07) is -4.81. The average Bonchev–Trinajstić information content (AvgIpc) is 2.54. The number of aliphatic hydroxyl groups excluding tert-OH is 1. The van der Waals surface area contributed by atoms with Gasteiger partial charge in [-0.2, -0.15) is 0 Å². The summed E-state index contributed by atoms with van der Waals surface area (Å²) in [6.07, 6.45) is -1.66. The van der Waals surface area contributed by atoms with Gasteiger partial charge in [0.05, 0.1) is 12.1 Å². The fourth-order valence-electron chi connectivity index (χ4n) is 1.91. The quantitative estimate of drug-likeness (QED) is 0.188. The van der Waals surface area contributed by atoms with Crippen molar-refractivity contribution in [2.75, 3.05) is 0 Å². The Labute approximate surface area is 156 Å². The second-order valence-corrected chi connectivity index (χ2v) is 6.15. The van der Waals surface area contributed by atoms with Crippen LogP contribution in [0, 0.1) is 0 Å². The summed E-state index contributed by atoms with van der Waals surface area (Å²) in [4.78, 5) is 58.0. The molecule has 5 atom stereocenters. The van der Waals surface area contributed by atoms with E-state index >= 15 is 0 Å². The van der Waals surface area contributed by atoms with Crippen molar-refractivity contribution in [1.29, 1.82) is 0 Å². The van der Waals surface area contributed by atoms with Gasteiger partial charge in [-0.05, 0) is 27.2 Å². The minimum absolute atomic E-state index is 0.112. The topological polar surface area (TPSA) is 214 Å². The molecule has 0 spiro atoms. The molecule has 0 aromatic rings. The lowest BCUT2D eigenvalue weighted by molar-refractivity contribution is -0.145. The Balaban J connectivity index is 5.00. The maximum atomic E-state index is 12.3. The van der Waals surface area contributed by atoms with E-state index in [0.717, 1.165) is 0 Å². The largest absolute Gasteiger partial charge is 0.480 e. The molecule has 0 radical (unpaired) electrons. The van der Waals surface area contributed by atoms with Crippen LogP contribution >= 0.6 is 0 Å². The van der Waals surface area contributed by atoms with Crippen LogP contribution in [0.3, 0.4) is 0 Å². The monoisotopic (exact) mass is 389 g/mol. The number of amides is 4. The zero-order valence-corrected chi connectivity index (χ0v) is 15.4. The molecule has 5 unspecified atom stereocenters. The van der Waals surface area contributed by atoms with Gasteiger partial charge in [-0.25, -0.2) is 4.79 Å². The van der Waals surface area contributed by atoms with Crippen molar-refractivity contribution < 1.29 is 34.2 Å². The lowest BCUT2D eigenvalue weighted by Crippen LogP contribution is -2.57. The lowest BCUT2D eigenvalue weighted by atomic mass is 10.1. The Kier molecular flexibility index (Phi) is 9.96. The smallest absolute Gasteiger partial charge is 0.328 e. The van der Waals surface area contributed by atoms with Crippen LogP contribution in [0.25, 0.3) is 0 Å². The number of aliphatic hydroxyl groups is 1. The molecule has 0 fully saturated rings. The van der Waals surface area contributed by atoms with Crippen LogP contribution in [-0.4, -0.2) is 70.1 Å². The van der Waals surface area contributed by atoms with Gasteiger partial charge in [0.1, 0.15) is 12.1 Å². The number of nitrogens with one attached hydrogen (secondary N) is 3. The summed E-state index contributed by atoms with van der Waals surface area (Å²) in [5.74, 6) is -4.41. The van der Waals surface area contributed by atoms with Crippen LogP contribution in [-0.2, 0) is 24.0 Å². The van der Waals surface area contributed by atoms with E-state index in [9.17, 15) is 29.1 Å². The molecule has 0 aromatic carbocycles. The Morgan fingerprint density at radius 2 is 1.48 bits per heavy atom. The number of carbonyl (C=O) groups is 5. The third-order valence-electron chi connectivity index (χ3n) is 3.52. The van der Waals surface area contributed by atoms with Crippen LogP contribution < -0.4 is 27.4 Å². The molecule has 0 rings (SSSR count). The normalized spacial score (nSPS) is 16.2. The van der Waals surface area contributed by atoms with Crippen molar-refractivity contribution in [3.63, 3.8) is 0 Å². The van der Waals surface area contributed by atoms with Crippen molar-refractivity contribution >= 4 is 29.6 Å². The van der Waals surface area contributed by atoms with Crippen LogP contribution in [0.2, 0.25) is 0 Å². The highest BCUT2D eigenvalue weighted by molar-refractivity contribution is 5.94. The van der Waals surface area contributed by atoms with Gasteiger partial charge >= 0.3 is 5.97 Å². The first-order valence-corrected chi connectivity index (χ1v) is 8.22. The van der Waals surface area contributed by atoms with Gasteiger partial charge in [-0.3, -0.25) is 19.2 Å². The predicted molar refractivity (Wildman–Crippen MR) is 92.9 cm³/mol. The minimum atomic E-state index is -1.56. The van der Waals surface area contributed by atoms with Crippen molar-refractivity contribution in [1.82, 2.24) is 16.0 Å². The molecule has 0 aliphatic carbocycles. The van der Waals surface area contributed by atoms with E-state index in [0.29, 0.717) is 0 Å². The number of hydrogen-bond donors (Lipinski definition) is 7. The molecule has 9 N–H and O–H groups in total. The molecule has 0 saturated heterocycles. The number of aliphatic carboxylic acids is 1. The highest BCUT2D eigenvalue weighted by Crippen LogP contribution is 2.00. The molecule has 27 heavy (non-hydrogen) atoms. The molecule has 0 saturated carbocycles. The van der Waals surface area contributed by atoms with Crippen LogP contribution in [0.5, 0.6) is 0 Å². The van der Waals surface area contributed by atoms with Crippen molar-refractivity contribution in [2.24, 2.45) is 11.5 Å². The molecule has 0 aliphatic rings. The number of carboxylic acids is 1. The fourth-order valence-corrected chi connectivity index (χ4v) is 1.91. The van der Waals surface area contributed by atoms with E-state index in [1.807, 2.05) is 0 Å². The summed E-state index contributed by atoms with van der Waals surface area (Å²) < 4.78 is 0. The van der Waals surface area contributed by atoms with Crippen LogP contribution in [0.4, 0.5) is 0 Å². The van der Waals surface area contributed by atoms with Crippen LogP contribution in [0.15, 0.2) is 0 Å². The average molecular weight is 389 g/mol. The molecule has 154 valence electrons. The number of nitrogens with two attached hydrogens (primary N) is 2. The molecule has 4 amide bonds. The highest BCUT2D eigenvalue weighted by atomic mass is 16.4. The van der Waals surface area contributed by atoms with E-state index in [2.05, 4.69) is 16.0 Å². The molecule has 0 aliphatic heterocycles. The number of carboxylic acid groups (broad SMARTS) is 1. The Bertz CT molecular complexity index is 579. The first-order valence-electron chi connectivity index (χ1n) is 8.22. The summed E-state index contributed by atoms with van der Waals surface area (Å²) in [7, 11) is 0. The third kappa shape index (κ3) is 8.96. The van der Waals surface area contributed by atoms with Gasteiger partial charge in [0.15, 0.2) is 6.04 Å². The summed E-state index contributed by atoms with van der Waals surface area (Å²) in [6.45, 7) is 3.87. The first-order chi connectivity index (χ1) is 12.4. The zero-order chi connectivity index (χ0) is 21.3. The summed E-state index contributed by atoms with van der Waals surface area (Å²) in [5.41, 5.74) is 10.5. The van der Waals surface area contributed by atoms with E-state index in [-0.39, 0.29) is 12.8 Å². The molecule has 12 heteroatoms. The molecule has 12 nitrogen and oxygen atoms in total. The standard InChI is InChI=1S/C15H27N5O7/c1-6(16)12(23)19-9(4-5-10(17)22)14(25)18-7(2)13(24)20-11(8(3)21)15(26)27/h6-9,11,21H,4-5,16H2,1-3H3,(H2,17,22)(H,18,25)(H,19,23)(H,20,24)(H,26,27). The van der Waals surface area contributed by atoms with Gasteiger partial charge in [0.2, 0.25) is 23.6 Å². The molecular formula is C15H27N5O7. The Morgan fingerprint density at radius 3 is 1.89 bits per heavy atom. The molecular weight excluding hydrogens is 362 g/mol. The van der Waals surface area contributed by atoms with E-state index < -0.39 is 59.9 Å². The highest BCUT2D eigenvalue weighted by Gasteiger charge is 2.29. The summed E-state index contributed by atoms with van der Waals surface area (Å²) >= 11 is 0. The lowest BCUT2D eigenvalue weighted by Gasteiger charge is -2.23. The minimum Gasteiger partial charge on any atom is -0.480 e. The van der Waals surface area contributed by atoms with Gasteiger partial charge in [0.25, 0.3) is 0 Å². The van der Waals surface area contributed by atoms with Gasteiger partial charge in [-0.15, -0.1) is 0 Å². The first kappa shape index (κ1) is 24.3. The third-order valence-corrected chi connectivity index (χ3v) is 3.52. The van der Waals surface area contributed by atoms with E-state index in [4.69, 9.17) is 16.6 Å². The van der Waals surface area contributed by atoms with E-state index in [1.54, 1.807) is 0 Å². The molecule has 0 heterocycles. The Hall–Kier alpha value is -2.73. The summed E-state index contributed by atoms with van der Waals surface area (Å²) in [5, 5.41) is 25.0. The van der Waals surface area contributed by atoms with Gasteiger partial charge in [0, 0.05) is 6.42 Å². The maximum Gasteiger partial charge on any atom is 0.328 e. The zero-order valence-electron chi connectivity index (χ0n) is 15.4. The van der Waals surface area contributed by atoms with Gasteiger partial charge in [-0.1, -0.05) is 0 Å². The second kappa shape index (κ2) is 11.1. The molecule has 0 bridgehead atoms. The van der Waals surface area contributed by atoms with Crippen molar-refractivity contribution in [3.05, 3.63) is 0 Å². The van der Waals surface area contributed by atoms with Crippen molar-refractivity contribution in [2.45, 2.75) is 63.9 Å². The fraction of sp³-hybridized carbons (Fsp3) is 0.667. The molecule has 0 aromatic heterocycles. The van der Waals surface area contributed by atoms with Gasteiger partial charge < -0.3 is 37.6 Å². The number of primary amides is 1. The van der Waals surface area contributed by atoms with E-state index in [1.165, 1.54) is 20.8 Å². The number of hydrogen-bond acceptors (Lipinski definition) is 7. The SMILES string of the molecule is CC(N)C(=O)NC(CCC(N)=O)C(=O)NC(C)C(=O)NC(C(=O)O)C(C)O. The van der Waals surface area contributed by atoms with Crippen LogP contribution in [0.1, 0.15) is 33.6 Å². The predicted octanol–water partition coefficient (Wildman–Crippen LogP) is -3.46. The Morgan fingerprint density at radius 1 is 0.926 bits per heavy atom. The van der Waals surface area contributed by atoms with Crippen molar-refractivity contribution in [3.8, 4) is 0 Å². The second-order valence-electron chi connectivity index (χ2n) is 6.15. The number of rotatable bonds is 11. The number of carbonyl (C=O) groups excluding carboxylic acids is 4.